The molecule has 0 radical (unpaired) electrons. The van der Waals surface area contributed by atoms with Crippen molar-refractivity contribution in [1.29, 1.82) is 0 Å². The fraction of sp³-hybridized carbons (Fsp3) is 1.00. The van der Waals surface area contributed by atoms with E-state index in [1.165, 1.54) is 32.1 Å². The second-order valence-electron chi connectivity index (χ2n) is 5.06. The molecule has 0 spiro atoms. The van der Waals surface area contributed by atoms with Crippen LogP contribution in [0.5, 0.6) is 0 Å². The van der Waals surface area contributed by atoms with Gasteiger partial charge >= 0.3 is 0 Å². The summed E-state index contributed by atoms with van der Waals surface area (Å²) in [6.07, 6.45) is 6.21. The van der Waals surface area contributed by atoms with Crippen LogP contribution < -0.4 is 5.73 Å². The van der Waals surface area contributed by atoms with E-state index in [9.17, 15) is 0 Å². The largest absolute Gasteiger partial charge is 0.351 e. The molecule has 3 heteroatoms. The van der Waals surface area contributed by atoms with Gasteiger partial charge in [0, 0.05) is 13.2 Å². The van der Waals surface area contributed by atoms with E-state index in [0.717, 1.165) is 5.92 Å². The highest BCUT2D eigenvalue weighted by molar-refractivity contribution is 4.82. The molecule has 0 saturated heterocycles. The third kappa shape index (κ3) is 4.57. The second kappa shape index (κ2) is 8.06. The predicted octanol–water partition coefficient (Wildman–Crippen LogP) is 2.93. The van der Waals surface area contributed by atoms with Crippen molar-refractivity contribution in [2.45, 2.75) is 65.2 Å². The Kier molecular flexibility index (Phi) is 7.09. The average Bonchev–Trinajstić information content (AvgIpc) is 2.38. The summed E-state index contributed by atoms with van der Waals surface area (Å²) in [6, 6.07) is 0.0317. The van der Waals surface area contributed by atoms with Crippen molar-refractivity contribution in [2.75, 3.05) is 13.2 Å². The first-order valence-electron chi connectivity index (χ1n) is 7.21. The Hall–Kier alpha value is -0.120. The summed E-state index contributed by atoms with van der Waals surface area (Å²) in [4.78, 5) is 0. The zero-order valence-corrected chi connectivity index (χ0v) is 11.7. The van der Waals surface area contributed by atoms with Crippen LogP contribution in [-0.2, 0) is 9.47 Å². The van der Waals surface area contributed by atoms with Gasteiger partial charge in [-0.05, 0) is 38.5 Å². The zero-order chi connectivity index (χ0) is 12.7. The maximum absolute atomic E-state index is 6.33. The number of hydrogen-bond acceptors (Lipinski definition) is 3. The van der Waals surface area contributed by atoms with Gasteiger partial charge in [0.2, 0.25) is 0 Å². The van der Waals surface area contributed by atoms with Gasteiger partial charge in [-0.1, -0.05) is 26.2 Å². The molecule has 0 bridgehead atoms. The van der Waals surface area contributed by atoms with Crippen molar-refractivity contribution in [3.8, 4) is 0 Å². The molecule has 0 aliphatic heterocycles. The average molecular weight is 243 g/mol. The first kappa shape index (κ1) is 14.9. The van der Waals surface area contributed by atoms with E-state index in [4.69, 9.17) is 15.2 Å². The highest BCUT2D eigenvalue weighted by Crippen LogP contribution is 2.33. The van der Waals surface area contributed by atoms with Crippen LogP contribution in [0.3, 0.4) is 0 Å². The minimum Gasteiger partial charge on any atom is -0.351 e. The van der Waals surface area contributed by atoms with E-state index >= 15 is 0 Å². The Morgan fingerprint density at radius 3 is 2.29 bits per heavy atom. The zero-order valence-electron chi connectivity index (χ0n) is 11.7. The van der Waals surface area contributed by atoms with Crippen molar-refractivity contribution >= 4 is 0 Å². The van der Waals surface area contributed by atoms with E-state index in [0.29, 0.717) is 19.1 Å². The van der Waals surface area contributed by atoms with Crippen LogP contribution in [0.4, 0.5) is 0 Å². The standard InChI is InChI=1S/C14H29NO2/c1-4-11-8-7-9-12(10-11)13(15)14(16-5-2)17-6-3/h11-14H,4-10,15H2,1-3H3. The SMILES string of the molecule is CCOC(OCC)C(N)C1CCCC(CC)C1. The molecule has 0 amide bonds. The minimum atomic E-state index is -0.217. The Balaban J connectivity index is 2.49. The lowest BCUT2D eigenvalue weighted by atomic mass is 9.77. The van der Waals surface area contributed by atoms with Crippen molar-refractivity contribution in [2.24, 2.45) is 17.6 Å². The molecule has 1 saturated carbocycles. The molecule has 3 atom stereocenters. The quantitative estimate of drug-likeness (QED) is 0.699. The highest BCUT2D eigenvalue weighted by Gasteiger charge is 2.31. The van der Waals surface area contributed by atoms with Gasteiger partial charge in [0.1, 0.15) is 0 Å². The predicted molar refractivity (Wildman–Crippen MR) is 70.8 cm³/mol. The maximum atomic E-state index is 6.33. The Morgan fingerprint density at radius 1 is 1.12 bits per heavy atom. The highest BCUT2D eigenvalue weighted by atomic mass is 16.7. The van der Waals surface area contributed by atoms with Gasteiger partial charge in [0.15, 0.2) is 6.29 Å². The molecule has 1 aliphatic rings. The lowest BCUT2D eigenvalue weighted by molar-refractivity contribution is -0.158. The minimum absolute atomic E-state index is 0.0317. The van der Waals surface area contributed by atoms with Gasteiger partial charge < -0.3 is 15.2 Å². The monoisotopic (exact) mass is 243 g/mol. The topological polar surface area (TPSA) is 44.5 Å². The molecule has 0 heterocycles. The Morgan fingerprint density at radius 2 is 1.76 bits per heavy atom. The normalized spacial score (nSPS) is 27.4. The molecule has 1 rings (SSSR count). The van der Waals surface area contributed by atoms with Crippen LogP contribution in [0, 0.1) is 11.8 Å². The van der Waals surface area contributed by atoms with Crippen molar-refractivity contribution < 1.29 is 9.47 Å². The Labute approximate surface area is 106 Å². The molecule has 17 heavy (non-hydrogen) atoms. The first-order valence-corrected chi connectivity index (χ1v) is 7.21. The summed E-state index contributed by atoms with van der Waals surface area (Å²) >= 11 is 0. The molecule has 3 unspecified atom stereocenters. The smallest absolute Gasteiger partial charge is 0.172 e. The summed E-state index contributed by atoms with van der Waals surface area (Å²) in [5.41, 5.74) is 6.33. The molecule has 0 aromatic carbocycles. The van der Waals surface area contributed by atoms with Gasteiger partial charge in [0.25, 0.3) is 0 Å². The number of hydrogen-bond donors (Lipinski definition) is 1. The fourth-order valence-electron chi connectivity index (χ4n) is 2.87. The summed E-state index contributed by atoms with van der Waals surface area (Å²) in [7, 11) is 0. The summed E-state index contributed by atoms with van der Waals surface area (Å²) in [5, 5.41) is 0. The second-order valence-corrected chi connectivity index (χ2v) is 5.06. The number of nitrogens with two attached hydrogens (primary N) is 1. The lowest BCUT2D eigenvalue weighted by Crippen LogP contribution is -2.46. The van der Waals surface area contributed by atoms with Gasteiger partial charge in [-0.3, -0.25) is 0 Å². The molecule has 102 valence electrons. The first-order chi connectivity index (χ1) is 8.22. The molecular weight excluding hydrogens is 214 g/mol. The molecule has 3 nitrogen and oxygen atoms in total. The summed E-state index contributed by atoms with van der Waals surface area (Å²) in [6.45, 7) is 7.61. The van der Waals surface area contributed by atoms with Crippen LogP contribution in [0.25, 0.3) is 0 Å². The molecule has 1 fully saturated rings. The van der Waals surface area contributed by atoms with Gasteiger partial charge in [0.05, 0.1) is 6.04 Å². The fourth-order valence-corrected chi connectivity index (χ4v) is 2.87. The third-order valence-corrected chi connectivity index (χ3v) is 3.92. The molecule has 1 aliphatic carbocycles. The van der Waals surface area contributed by atoms with E-state index in [-0.39, 0.29) is 12.3 Å². The molecule has 0 aromatic heterocycles. The van der Waals surface area contributed by atoms with Gasteiger partial charge in [-0.25, -0.2) is 0 Å². The van der Waals surface area contributed by atoms with Crippen molar-refractivity contribution in [3.05, 3.63) is 0 Å². The maximum Gasteiger partial charge on any atom is 0.172 e. The van der Waals surface area contributed by atoms with Crippen LogP contribution in [0.2, 0.25) is 0 Å². The van der Waals surface area contributed by atoms with E-state index in [2.05, 4.69) is 6.92 Å². The number of ether oxygens (including phenoxy) is 2. The third-order valence-electron chi connectivity index (χ3n) is 3.92. The van der Waals surface area contributed by atoms with Crippen LogP contribution in [0.1, 0.15) is 52.9 Å². The molecular formula is C14H29NO2. The van der Waals surface area contributed by atoms with Crippen molar-refractivity contribution in [1.82, 2.24) is 0 Å². The van der Waals surface area contributed by atoms with Gasteiger partial charge in [-0.2, -0.15) is 0 Å². The van der Waals surface area contributed by atoms with Crippen LogP contribution in [-0.4, -0.2) is 25.5 Å². The van der Waals surface area contributed by atoms with Crippen molar-refractivity contribution in [3.63, 3.8) is 0 Å². The summed E-state index contributed by atoms with van der Waals surface area (Å²) in [5.74, 6) is 1.42. The van der Waals surface area contributed by atoms with Crippen LogP contribution in [0.15, 0.2) is 0 Å². The van der Waals surface area contributed by atoms with E-state index < -0.39 is 0 Å². The Bertz CT molecular complexity index is 193. The lowest BCUT2D eigenvalue weighted by Gasteiger charge is -2.35. The van der Waals surface area contributed by atoms with Gasteiger partial charge in [-0.15, -0.1) is 0 Å². The summed E-state index contributed by atoms with van der Waals surface area (Å²) < 4.78 is 11.2. The molecule has 0 aromatic rings. The van der Waals surface area contributed by atoms with E-state index in [1.807, 2.05) is 13.8 Å². The van der Waals surface area contributed by atoms with Crippen LogP contribution >= 0.6 is 0 Å². The molecule has 2 N–H and O–H groups in total. The number of rotatable bonds is 7. The van der Waals surface area contributed by atoms with E-state index in [1.54, 1.807) is 0 Å².